The van der Waals surface area contributed by atoms with Crippen molar-refractivity contribution in [3.05, 3.63) is 42.4 Å². The summed E-state index contributed by atoms with van der Waals surface area (Å²) in [5.74, 6) is -0.436. The van der Waals surface area contributed by atoms with Crippen LogP contribution < -0.4 is 10.6 Å². The fourth-order valence-corrected chi connectivity index (χ4v) is 3.75. The van der Waals surface area contributed by atoms with Crippen LogP contribution in [-0.4, -0.2) is 32.4 Å². The molecule has 2 atom stereocenters. The Hall–Kier alpha value is -3.16. The van der Waals surface area contributed by atoms with Crippen LogP contribution in [-0.2, 0) is 16.6 Å². The highest BCUT2D eigenvalue weighted by Crippen LogP contribution is 2.32. The van der Waals surface area contributed by atoms with E-state index in [2.05, 4.69) is 27.3 Å². The maximum atomic E-state index is 13.0. The lowest BCUT2D eigenvalue weighted by atomic mass is 9.92. The minimum absolute atomic E-state index is 0.103. The highest BCUT2D eigenvalue weighted by molar-refractivity contribution is 5.97. The van der Waals surface area contributed by atoms with Gasteiger partial charge in [-0.3, -0.25) is 14.5 Å². The molecule has 2 bridgehead atoms. The molecule has 2 aromatic rings. The summed E-state index contributed by atoms with van der Waals surface area (Å²) < 4.78 is 7.17. The van der Waals surface area contributed by atoms with Crippen molar-refractivity contribution in [2.45, 2.75) is 58.6 Å². The normalized spacial score (nSPS) is 19.3. The lowest BCUT2D eigenvalue weighted by Gasteiger charge is -2.25. The Morgan fingerprint density at radius 2 is 2.10 bits per heavy atom. The number of anilines is 1. The van der Waals surface area contributed by atoms with Gasteiger partial charge in [-0.25, -0.2) is 4.79 Å². The Balaban J connectivity index is 2.01. The zero-order chi connectivity index (χ0) is 22.8. The van der Waals surface area contributed by atoms with Crippen LogP contribution in [0.4, 0.5) is 10.5 Å². The zero-order valence-electron chi connectivity index (χ0n) is 18.9. The topological polar surface area (TPSA) is 98.1 Å². The molecule has 2 amide bonds. The van der Waals surface area contributed by atoms with Gasteiger partial charge in [0.05, 0.1) is 35.2 Å². The summed E-state index contributed by atoms with van der Waals surface area (Å²) in [6, 6.07) is 3.44. The largest absolute Gasteiger partial charge is 0.444 e. The highest BCUT2D eigenvalue weighted by Gasteiger charge is 2.26. The second kappa shape index (κ2) is 8.91. The number of hydrogen-bond acceptors (Lipinski definition) is 5. The van der Waals surface area contributed by atoms with E-state index in [4.69, 9.17) is 4.74 Å². The molecule has 166 valence electrons. The third kappa shape index (κ3) is 5.51. The average Bonchev–Trinajstić information content (AvgIpc) is 3.01. The Labute approximate surface area is 183 Å². The first-order valence-corrected chi connectivity index (χ1v) is 10.5. The van der Waals surface area contributed by atoms with Gasteiger partial charge in [-0.2, -0.15) is 5.10 Å². The molecule has 2 aromatic heterocycles. The molecule has 0 aliphatic carbocycles. The monoisotopic (exact) mass is 425 g/mol. The van der Waals surface area contributed by atoms with Gasteiger partial charge in [0.2, 0.25) is 5.91 Å². The molecule has 3 rings (SSSR count). The number of nitrogens with one attached hydrogen (secondary N) is 2. The second-order valence-corrected chi connectivity index (χ2v) is 9.02. The van der Waals surface area contributed by atoms with Gasteiger partial charge >= 0.3 is 6.09 Å². The van der Waals surface area contributed by atoms with Crippen LogP contribution in [0.25, 0.3) is 11.3 Å². The van der Waals surface area contributed by atoms with E-state index in [-0.39, 0.29) is 17.9 Å². The smallest absolute Gasteiger partial charge is 0.408 e. The number of carbonyl (C=O) groups excluding carboxylic acids is 2. The van der Waals surface area contributed by atoms with Crippen LogP contribution in [0.3, 0.4) is 0 Å². The van der Waals surface area contributed by atoms with E-state index < -0.39 is 11.7 Å². The van der Waals surface area contributed by atoms with Crippen molar-refractivity contribution in [3.8, 4) is 11.3 Å². The fourth-order valence-electron chi connectivity index (χ4n) is 3.75. The Morgan fingerprint density at radius 3 is 2.77 bits per heavy atom. The van der Waals surface area contributed by atoms with Gasteiger partial charge in [-0.05, 0) is 59.1 Å². The standard InChI is InChI=1S/C23H31N5O3/c1-14(2)16-8-7-9-17(27-22(30)31-23(3,4)5)18-12-15(10-11-24-18)20-19(26-21(16)29)13-25-28(20)6/h10-13,16-17H,1,7-9H2,2-6H3,(H,26,29)(H,27,30). The number of nitrogens with zero attached hydrogens (tertiary/aromatic N) is 3. The SMILES string of the molecule is C=C(C)C1CCCC(NC(=O)OC(C)(C)C)c2cc(ccn2)-c2c(cnn2C)NC1=O. The molecule has 0 spiro atoms. The van der Waals surface area contributed by atoms with E-state index >= 15 is 0 Å². The second-order valence-electron chi connectivity index (χ2n) is 9.02. The molecule has 8 nitrogen and oxygen atoms in total. The fraction of sp³-hybridized carbons (Fsp3) is 0.478. The van der Waals surface area contributed by atoms with Crippen molar-refractivity contribution < 1.29 is 14.3 Å². The number of alkyl carbamates (subject to hydrolysis) is 1. The number of rotatable bonds is 2. The van der Waals surface area contributed by atoms with Crippen molar-refractivity contribution in [2.75, 3.05) is 5.32 Å². The lowest BCUT2D eigenvalue weighted by molar-refractivity contribution is -0.119. The summed E-state index contributed by atoms with van der Waals surface area (Å²) in [6.07, 6.45) is 4.79. The van der Waals surface area contributed by atoms with Gasteiger partial charge in [-0.15, -0.1) is 0 Å². The summed E-state index contributed by atoms with van der Waals surface area (Å²) in [5, 5.41) is 10.3. The molecule has 2 unspecified atom stereocenters. The average molecular weight is 426 g/mol. The number of fused-ring (bicyclic) bond motifs is 4. The van der Waals surface area contributed by atoms with Crippen LogP contribution in [0.1, 0.15) is 58.7 Å². The zero-order valence-corrected chi connectivity index (χ0v) is 18.9. The van der Waals surface area contributed by atoms with Gasteiger partial charge in [0.25, 0.3) is 0 Å². The molecule has 8 heteroatoms. The maximum absolute atomic E-state index is 13.0. The van der Waals surface area contributed by atoms with Gasteiger partial charge in [0.15, 0.2) is 0 Å². The molecule has 1 aliphatic rings. The molecule has 3 heterocycles. The number of hydrogen-bond donors (Lipinski definition) is 2. The van der Waals surface area contributed by atoms with Crippen molar-refractivity contribution >= 4 is 17.7 Å². The van der Waals surface area contributed by atoms with E-state index in [0.29, 0.717) is 24.9 Å². The van der Waals surface area contributed by atoms with E-state index in [1.165, 1.54) is 0 Å². The predicted octanol–water partition coefficient (Wildman–Crippen LogP) is 4.36. The minimum atomic E-state index is -0.600. The summed E-state index contributed by atoms with van der Waals surface area (Å²) in [4.78, 5) is 30.0. The molecule has 0 saturated heterocycles. The number of pyridine rings is 1. The summed E-state index contributed by atoms with van der Waals surface area (Å²) in [6.45, 7) is 11.3. The number of amides is 2. The third-order valence-corrected chi connectivity index (χ3v) is 5.20. The van der Waals surface area contributed by atoms with Crippen molar-refractivity contribution in [1.29, 1.82) is 0 Å². The minimum Gasteiger partial charge on any atom is -0.444 e. The number of carbonyl (C=O) groups is 2. The van der Waals surface area contributed by atoms with Gasteiger partial charge < -0.3 is 15.4 Å². The summed E-state index contributed by atoms with van der Waals surface area (Å²) in [7, 11) is 1.82. The summed E-state index contributed by atoms with van der Waals surface area (Å²) in [5.41, 5.74) is 3.19. The Bertz CT molecular complexity index is 989. The number of ether oxygens (including phenoxy) is 1. The number of aryl methyl sites for hydroxylation is 1. The van der Waals surface area contributed by atoms with E-state index in [1.54, 1.807) is 17.1 Å². The van der Waals surface area contributed by atoms with Gasteiger partial charge in [0, 0.05) is 18.8 Å². The molecular formula is C23H31N5O3. The third-order valence-electron chi connectivity index (χ3n) is 5.20. The van der Waals surface area contributed by atoms with E-state index in [0.717, 1.165) is 22.5 Å². The van der Waals surface area contributed by atoms with E-state index in [9.17, 15) is 9.59 Å². The first-order chi connectivity index (χ1) is 14.5. The van der Waals surface area contributed by atoms with Gasteiger partial charge in [0.1, 0.15) is 5.60 Å². The van der Waals surface area contributed by atoms with Crippen LogP contribution in [0.5, 0.6) is 0 Å². The molecule has 0 radical (unpaired) electrons. The van der Waals surface area contributed by atoms with Crippen molar-refractivity contribution in [1.82, 2.24) is 20.1 Å². The van der Waals surface area contributed by atoms with Crippen LogP contribution in [0.15, 0.2) is 36.7 Å². The first kappa shape index (κ1) is 22.5. The van der Waals surface area contributed by atoms with Crippen molar-refractivity contribution in [2.24, 2.45) is 13.0 Å². The quantitative estimate of drug-likeness (QED) is 0.697. The summed E-state index contributed by atoms with van der Waals surface area (Å²) >= 11 is 0. The molecule has 2 N–H and O–H groups in total. The molecule has 31 heavy (non-hydrogen) atoms. The molecule has 0 fully saturated rings. The lowest BCUT2D eigenvalue weighted by Crippen LogP contribution is -2.35. The molecule has 1 aliphatic heterocycles. The van der Waals surface area contributed by atoms with Crippen LogP contribution >= 0.6 is 0 Å². The highest BCUT2D eigenvalue weighted by atomic mass is 16.6. The molecule has 0 saturated carbocycles. The first-order valence-electron chi connectivity index (χ1n) is 10.5. The van der Waals surface area contributed by atoms with Crippen molar-refractivity contribution in [3.63, 3.8) is 0 Å². The van der Waals surface area contributed by atoms with E-state index in [1.807, 2.05) is 46.9 Å². The van der Waals surface area contributed by atoms with Crippen LogP contribution in [0, 0.1) is 5.92 Å². The Morgan fingerprint density at radius 1 is 1.35 bits per heavy atom. The molecular weight excluding hydrogens is 394 g/mol. The predicted molar refractivity (Wildman–Crippen MR) is 119 cm³/mol. The number of aromatic nitrogens is 3. The van der Waals surface area contributed by atoms with Gasteiger partial charge in [-0.1, -0.05) is 12.2 Å². The van der Waals surface area contributed by atoms with Crippen LogP contribution in [0.2, 0.25) is 0 Å². The maximum Gasteiger partial charge on any atom is 0.408 e. The molecule has 0 aromatic carbocycles. The Kier molecular flexibility index (Phi) is 6.48.